The van der Waals surface area contributed by atoms with Crippen molar-refractivity contribution < 1.29 is 0 Å². The second-order valence-electron chi connectivity index (χ2n) is 2.83. The van der Waals surface area contributed by atoms with Crippen molar-refractivity contribution in [2.24, 2.45) is 0 Å². The molecule has 0 unspecified atom stereocenters. The summed E-state index contributed by atoms with van der Waals surface area (Å²) in [5, 5.41) is 4.62. The van der Waals surface area contributed by atoms with Crippen LogP contribution in [0.4, 0.5) is 0 Å². The van der Waals surface area contributed by atoms with Crippen LogP contribution < -0.4 is 7.16 Å². The van der Waals surface area contributed by atoms with E-state index in [9.17, 15) is 0 Å². The molecule has 0 aliphatic heterocycles. The molecular formula is C10H10S2Sn2. The summed E-state index contributed by atoms with van der Waals surface area (Å²) < 4.78 is 3.58. The third kappa shape index (κ3) is 2.22. The van der Waals surface area contributed by atoms with E-state index in [1.807, 2.05) is 22.7 Å². The van der Waals surface area contributed by atoms with Gasteiger partial charge in [0.15, 0.2) is 0 Å². The maximum atomic E-state index is 2.45. The molecule has 4 radical (unpaired) electrons. The fourth-order valence-corrected chi connectivity index (χ4v) is 14.6. The second kappa shape index (κ2) is 5.36. The molecule has 0 N–H and O–H groups in total. The van der Waals surface area contributed by atoms with Crippen LogP contribution in [0.2, 0.25) is 9.88 Å². The molecule has 0 saturated carbocycles. The minimum absolute atomic E-state index is 0.218. The normalized spacial score (nSPS) is 10.7. The molecule has 0 nitrogen and oxygen atoms in total. The van der Waals surface area contributed by atoms with Crippen LogP contribution in [0.1, 0.15) is 0 Å². The maximum absolute atomic E-state index is 2.45. The summed E-state index contributed by atoms with van der Waals surface area (Å²) in [4.78, 5) is 7.97. The Morgan fingerprint density at radius 1 is 1.14 bits per heavy atom. The summed E-state index contributed by atoms with van der Waals surface area (Å²) >= 11 is 3.38. The molecule has 0 aliphatic rings. The van der Waals surface area contributed by atoms with Crippen molar-refractivity contribution >= 4 is 72.1 Å². The van der Waals surface area contributed by atoms with Gasteiger partial charge in [-0.25, -0.2) is 0 Å². The number of rotatable bonds is 3. The van der Waals surface area contributed by atoms with E-state index in [4.69, 9.17) is 0 Å². The monoisotopic (exact) mass is 434 g/mol. The van der Waals surface area contributed by atoms with Gasteiger partial charge in [-0.1, -0.05) is 0 Å². The molecule has 0 saturated heterocycles. The Hall–Kier alpha value is 0.997. The van der Waals surface area contributed by atoms with E-state index < -0.39 is 0 Å². The van der Waals surface area contributed by atoms with Gasteiger partial charge < -0.3 is 0 Å². The Kier molecular flexibility index (Phi) is 4.40. The summed E-state index contributed by atoms with van der Waals surface area (Å²) in [5.41, 5.74) is 0. The first kappa shape index (κ1) is 11.5. The quantitative estimate of drug-likeness (QED) is 0.654. The van der Waals surface area contributed by atoms with E-state index in [2.05, 4.69) is 32.8 Å². The van der Waals surface area contributed by atoms with Crippen LogP contribution in [0.15, 0.2) is 22.9 Å². The van der Waals surface area contributed by atoms with Crippen LogP contribution in [0.25, 0.3) is 9.75 Å². The number of thiophene rings is 2. The molecule has 4 heteroatoms. The minimum atomic E-state index is -0.265. The van der Waals surface area contributed by atoms with Crippen LogP contribution in [0.5, 0.6) is 0 Å². The van der Waals surface area contributed by atoms with Crippen molar-refractivity contribution in [1.29, 1.82) is 0 Å². The van der Waals surface area contributed by atoms with Gasteiger partial charge in [0, 0.05) is 0 Å². The topological polar surface area (TPSA) is 0 Å². The van der Waals surface area contributed by atoms with Gasteiger partial charge in [-0.05, 0) is 0 Å². The van der Waals surface area contributed by atoms with Gasteiger partial charge in [0.1, 0.15) is 0 Å². The zero-order chi connectivity index (χ0) is 9.97. The third-order valence-corrected chi connectivity index (χ3v) is 12.8. The molecule has 2 heterocycles. The average Bonchev–Trinajstić information content (AvgIpc) is 2.85. The summed E-state index contributed by atoms with van der Waals surface area (Å²) in [6.07, 6.45) is 0. The second-order valence-corrected chi connectivity index (χ2v) is 10.5. The molecular weight excluding hydrogens is 422 g/mol. The summed E-state index contributed by atoms with van der Waals surface area (Å²) in [7, 11) is 0. The van der Waals surface area contributed by atoms with Gasteiger partial charge in [0.05, 0.1) is 0 Å². The SMILES string of the molecule is [CH3][Sn][c]1csc(-c2cccs2)[c]1[Sn][CH3]. The van der Waals surface area contributed by atoms with Gasteiger partial charge in [0.2, 0.25) is 0 Å². The van der Waals surface area contributed by atoms with Crippen LogP contribution in [-0.2, 0) is 0 Å². The molecule has 0 bridgehead atoms. The van der Waals surface area contributed by atoms with Crippen LogP contribution in [0.3, 0.4) is 0 Å². The average molecular weight is 432 g/mol. The molecule has 2 aromatic heterocycles. The fourth-order valence-electron chi connectivity index (χ4n) is 1.38. The van der Waals surface area contributed by atoms with E-state index >= 15 is 0 Å². The predicted octanol–water partition coefficient (Wildman–Crippen LogP) is 2.23. The van der Waals surface area contributed by atoms with Gasteiger partial charge in [0.25, 0.3) is 0 Å². The molecule has 2 aromatic rings. The van der Waals surface area contributed by atoms with Crippen LogP contribution >= 0.6 is 22.7 Å². The van der Waals surface area contributed by atoms with Gasteiger partial charge >= 0.3 is 115 Å². The first-order chi connectivity index (χ1) is 6.86. The molecule has 0 aliphatic carbocycles. The molecule has 2 rings (SSSR count). The summed E-state index contributed by atoms with van der Waals surface area (Å²) in [6, 6.07) is 4.43. The molecule has 0 fully saturated rings. The first-order valence-electron chi connectivity index (χ1n) is 4.37. The van der Waals surface area contributed by atoms with E-state index in [0.717, 1.165) is 0 Å². The molecule has 0 atom stereocenters. The molecule has 0 spiro atoms. The van der Waals surface area contributed by atoms with Crippen molar-refractivity contribution in [1.82, 2.24) is 0 Å². The van der Waals surface area contributed by atoms with Crippen molar-refractivity contribution in [2.75, 3.05) is 0 Å². The number of hydrogen-bond acceptors (Lipinski definition) is 2. The van der Waals surface area contributed by atoms with Gasteiger partial charge in [-0.15, -0.1) is 0 Å². The van der Waals surface area contributed by atoms with Crippen LogP contribution in [-0.4, -0.2) is 42.3 Å². The van der Waals surface area contributed by atoms with E-state index in [0.29, 0.717) is 0 Å². The summed E-state index contributed by atoms with van der Waals surface area (Å²) in [6.45, 7) is 0. The molecule has 0 aromatic carbocycles. The predicted molar refractivity (Wildman–Crippen MR) is 70.1 cm³/mol. The fraction of sp³-hybridized carbons (Fsp3) is 0.200. The zero-order valence-electron chi connectivity index (χ0n) is 8.13. The van der Waals surface area contributed by atoms with Crippen molar-refractivity contribution in [3.8, 4) is 9.75 Å². The molecule has 70 valence electrons. The standard InChI is InChI=1S/C8H4S2.2CH3.2Sn/c1-3-7(9-5-1)8-4-2-6-10-8;;;;/h1,3,5-6H;2*1H3;;. The van der Waals surface area contributed by atoms with Crippen molar-refractivity contribution in [3.63, 3.8) is 0 Å². The van der Waals surface area contributed by atoms with Crippen molar-refractivity contribution in [3.05, 3.63) is 22.9 Å². The van der Waals surface area contributed by atoms with E-state index in [1.54, 1.807) is 12.0 Å². The Morgan fingerprint density at radius 2 is 2.00 bits per heavy atom. The Labute approximate surface area is 113 Å². The number of hydrogen-bond donors (Lipinski definition) is 0. The zero-order valence-corrected chi connectivity index (χ0v) is 15.5. The molecule has 0 amide bonds. The summed E-state index contributed by atoms with van der Waals surface area (Å²) in [5.74, 6) is 0. The molecule has 14 heavy (non-hydrogen) atoms. The Bertz CT molecular complexity index is 404. The Morgan fingerprint density at radius 3 is 2.57 bits per heavy atom. The van der Waals surface area contributed by atoms with E-state index in [-0.39, 0.29) is 42.3 Å². The van der Waals surface area contributed by atoms with Crippen LogP contribution in [0, 0.1) is 0 Å². The van der Waals surface area contributed by atoms with Gasteiger partial charge in [-0.3, -0.25) is 0 Å². The van der Waals surface area contributed by atoms with Crippen molar-refractivity contribution in [2.45, 2.75) is 9.88 Å². The third-order valence-electron chi connectivity index (χ3n) is 2.06. The van der Waals surface area contributed by atoms with E-state index in [1.165, 1.54) is 4.88 Å². The first-order valence-corrected chi connectivity index (χ1v) is 14.7. The van der Waals surface area contributed by atoms with Gasteiger partial charge in [-0.2, -0.15) is 0 Å². The Balaban J connectivity index is 2.48.